The number of nitrogens with one attached hydrogen (secondary N) is 1. The van der Waals surface area contributed by atoms with E-state index < -0.39 is 0 Å². The van der Waals surface area contributed by atoms with Crippen LogP contribution < -0.4 is 10.2 Å². The second-order valence-electron chi connectivity index (χ2n) is 8.00. The van der Waals surface area contributed by atoms with Crippen molar-refractivity contribution in [3.63, 3.8) is 0 Å². The zero-order valence-electron chi connectivity index (χ0n) is 16.5. The minimum Gasteiger partial charge on any atom is -0.507 e. The molecule has 1 saturated heterocycles. The zero-order chi connectivity index (χ0) is 19.8. The number of hydrogen-bond acceptors (Lipinski definition) is 7. The number of phenols is 1. The van der Waals surface area contributed by atoms with Gasteiger partial charge in [0.05, 0.1) is 12.4 Å². The first-order valence-electron chi connectivity index (χ1n) is 10.2. The molecular formula is C21H25N7O. The third kappa shape index (κ3) is 3.67. The molecule has 2 aliphatic rings. The highest BCUT2D eigenvalue weighted by molar-refractivity contribution is 5.73. The fourth-order valence-corrected chi connectivity index (χ4v) is 4.02. The predicted octanol–water partition coefficient (Wildman–Crippen LogP) is 2.37. The summed E-state index contributed by atoms with van der Waals surface area (Å²) < 4.78 is 1.74. The van der Waals surface area contributed by atoms with Crippen LogP contribution in [0, 0.1) is 0 Å². The molecule has 1 aliphatic carbocycles. The Labute approximate surface area is 169 Å². The summed E-state index contributed by atoms with van der Waals surface area (Å²) in [5.41, 5.74) is 3.04. The highest BCUT2D eigenvalue weighted by Crippen LogP contribution is 2.32. The van der Waals surface area contributed by atoms with E-state index in [-0.39, 0.29) is 5.75 Å². The van der Waals surface area contributed by atoms with Crippen molar-refractivity contribution in [2.45, 2.75) is 37.8 Å². The molecule has 0 bridgehead atoms. The molecule has 1 atom stereocenters. The molecule has 2 fully saturated rings. The molecule has 1 unspecified atom stereocenters. The molecular weight excluding hydrogens is 366 g/mol. The number of aromatic nitrogens is 5. The van der Waals surface area contributed by atoms with E-state index in [0.717, 1.165) is 30.6 Å². The van der Waals surface area contributed by atoms with Crippen LogP contribution in [0.1, 0.15) is 25.7 Å². The SMILES string of the molecule is Cn1cc(-c2ccc(-c3cnc(N4CCC(NC5CCC5)C4)nn3)c(O)c2)cn1. The maximum absolute atomic E-state index is 10.5. The van der Waals surface area contributed by atoms with Gasteiger partial charge in [0.1, 0.15) is 11.4 Å². The van der Waals surface area contributed by atoms with Crippen molar-refractivity contribution in [2.75, 3.05) is 18.0 Å². The highest BCUT2D eigenvalue weighted by atomic mass is 16.3. The summed E-state index contributed by atoms with van der Waals surface area (Å²) in [6.45, 7) is 1.86. The Bertz CT molecular complexity index is 997. The van der Waals surface area contributed by atoms with E-state index in [2.05, 4.69) is 30.5 Å². The number of aryl methyl sites for hydroxylation is 1. The Morgan fingerprint density at radius 1 is 1.07 bits per heavy atom. The van der Waals surface area contributed by atoms with Crippen LogP contribution in [-0.4, -0.2) is 55.2 Å². The first-order valence-corrected chi connectivity index (χ1v) is 10.2. The Balaban J connectivity index is 1.29. The predicted molar refractivity (Wildman–Crippen MR) is 111 cm³/mol. The number of hydrogen-bond donors (Lipinski definition) is 2. The van der Waals surface area contributed by atoms with E-state index >= 15 is 0 Å². The van der Waals surface area contributed by atoms with Gasteiger partial charge in [0.2, 0.25) is 5.95 Å². The fraction of sp³-hybridized carbons (Fsp3) is 0.429. The van der Waals surface area contributed by atoms with Crippen LogP contribution in [0.15, 0.2) is 36.8 Å². The number of aromatic hydroxyl groups is 1. The number of rotatable bonds is 5. The van der Waals surface area contributed by atoms with Gasteiger partial charge in [-0.15, -0.1) is 10.2 Å². The van der Waals surface area contributed by atoms with Gasteiger partial charge in [-0.25, -0.2) is 4.98 Å². The van der Waals surface area contributed by atoms with Crippen LogP contribution in [0.25, 0.3) is 22.4 Å². The first kappa shape index (κ1) is 18.1. The number of benzene rings is 1. The molecule has 2 aromatic heterocycles. The molecule has 8 nitrogen and oxygen atoms in total. The second kappa shape index (κ2) is 7.44. The van der Waals surface area contributed by atoms with E-state index in [1.165, 1.54) is 19.3 Å². The fourth-order valence-electron chi connectivity index (χ4n) is 4.02. The lowest BCUT2D eigenvalue weighted by atomic mass is 9.92. The van der Waals surface area contributed by atoms with Crippen LogP contribution in [0.5, 0.6) is 5.75 Å². The molecule has 150 valence electrons. The average molecular weight is 391 g/mol. The van der Waals surface area contributed by atoms with Crippen LogP contribution in [0.4, 0.5) is 5.95 Å². The standard InChI is InChI=1S/C21H25N7O/c1-27-12-15(10-23-27)14-5-6-18(20(29)9-14)19-11-22-21(26-25-19)28-8-7-17(13-28)24-16-3-2-4-16/h5-6,9-12,16-17,24,29H,2-4,7-8,13H2,1H3. The molecule has 5 rings (SSSR count). The van der Waals surface area contributed by atoms with Gasteiger partial charge in [-0.1, -0.05) is 12.5 Å². The van der Waals surface area contributed by atoms with E-state index in [9.17, 15) is 5.11 Å². The molecule has 8 heteroatoms. The maximum Gasteiger partial charge on any atom is 0.245 e. The summed E-state index contributed by atoms with van der Waals surface area (Å²) in [5.74, 6) is 0.805. The smallest absolute Gasteiger partial charge is 0.245 e. The summed E-state index contributed by atoms with van der Waals surface area (Å²) in [6, 6.07) is 6.71. The average Bonchev–Trinajstić information content (AvgIpc) is 3.34. The molecule has 0 spiro atoms. The molecule has 1 saturated carbocycles. The first-order chi connectivity index (χ1) is 14.2. The number of nitrogens with zero attached hydrogens (tertiary/aromatic N) is 6. The summed E-state index contributed by atoms with van der Waals surface area (Å²) in [5, 5.41) is 27.0. The van der Waals surface area contributed by atoms with Crippen molar-refractivity contribution in [2.24, 2.45) is 7.05 Å². The summed E-state index contributed by atoms with van der Waals surface area (Å²) >= 11 is 0. The number of phenolic OH excluding ortho intramolecular Hbond substituents is 1. The molecule has 1 aromatic carbocycles. The molecule has 1 aliphatic heterocycles. The van der Waals surface area contributed by atoms with E-state index in [1.54, 1.807) is 23.1 Å². The monoisotopic (exact) mass is 391 g/mol. The van der Waals surface area contributed by atoms with Gasteiger partial charge in [-0.3, -0.25) is 4.68 Å². The van der Waals surface area contributed by atoms with Gasteiger partial charge in [-0.2, -0.15) is 5.10 Å². The lowest BCUT2D eigenvalue weighted by Gasteiger charge is -2.29. The van der Waals surface area contributed by atoms with Crippen molar-refractivity contribution >= 4 is 5.95 Å². The van der Waals surface area contributed by atoms with E-state index in [4.69, 9.17) is 0 Å². The molecule has 0 radical (unpaired) electrons. The number of anilines is 1. The maximum atomic E-state index is 10.5. The van der Waals surface area contributed by atoms with Crippen molar-refractivity contribution in [1.82, 2.24) is 30.3 Å². The van der Waals surface area contributed by atoms with E-state index in [0.29, 0.717) is 29.3 Å². The van der Waals surface area contributed by atoms with Crippen LogP contribution in [-0.2, 0) is 7.05 Å². The largest absolute Gasteiger partial charge is 0.507 e. The van der Waals surface area contributed by atoms with Crippen LogP contribution in [0.2, 0.25) is 0 Å². The normalized spacial score (nSPS) is 19.5. The molecule has 2 N–H and O–H groups in total. The van der Waals surface area contributed by atoms with Gasteiger partial charge in [-0.05, 0) is 37.0 Å². The summed E-state index contributed by atoms with van der Waals surface area (Å²) in [7, 11) is 1.87. The van der Waals surface area contributed by atoms with Crippen LogP contribution >= 0.6 is 0 Å². The highest BCUT2D eigenvalue weighted by Gasteiger charge is 2.28. The lowest BCUT2D eigenvalue weighted by molar-refractivity contribution is 0.311. The third-order valence-corrected chi connectivity index (χ3v) is 5.91. The van der Waals surface area contributed by atoms with Crippen molar-refractivity contribution in [3.8, 4) is 28.1 Å². The Kier molecular flexibility index (Phi) is 4.63. The lowest BCUT2D eigenvalue weighted by Crippen LogP contribution is -2.43. The van der Waals surface area contributed by atoms with Gasteiger partial charge in [0.25, 0.3) is 0 Å². The zero-order valence-corrected chi connectivity index (χ0v) is 16.5. The third-order valence-electron chi connectivity index (χ3n) is 5.91. The minimum absolute atomic E-state index is 0.154. The van der Waals surface area contributed by atoms with E-state index in [1.807, 2.05) is 25.4 Å². The molecule has 3 aromatic rings. The molecule has 0 amide bonds. The quantitative estimate of drug-likeness (QED) is 0.690. The van der Waals surface area contributed by atoms with Gasteiger partial charge in [0, 0.05) is 49.5 Å². The van der Waals surface area contributed by atoms with Crippen LogP contribution in [0.3, 0.4) is 0 Å². The van der Waals surface area contributed by atoms with Crippen molar-refractivity contribution in [1.29, 1.82) is 0 Å². The molecule has 3 heterocycles. The summed E-state index contributed by atoms with van der Waals surface area (Å²) in [6.07, 6.45) is 10.4. The Hall–Kier alpha value is -3.00. The van der Waals surface area contributed by atoms with Crippen molar-refractivity contribution in [3.05, 3.63) is 36.8 Å². The minimum atomic E-state index is 0.154. The Morgan fingerprint density at radius 3 is 2.62 bits per heavy atom. The van der Waals surface area contributed by atoms with Gasteiger partial charge < -0.3 is 15.3 Å². The Morgan fingerprint density at radius 2 is 1.97 bits per heavy atom. The topological polar surface area (TPSA) is 92.0 Å². The second-order valence-corrected chi connectivity index (χ2v) is 8.00. The summed E-state index contributed by atoms with van der Waals surface area (Å²) in [4.78, 5) is 6.69. The van der Waals surface area contributed by atoms with Gasteiger partial charge in [0.15, 0.2) is 0 Å². The molecule has 29 heavy (non-hydrogen) atoms. The van der Waals surface area contributed by atoms with Crippen molar-refractivity contribution < 1.29 is 5.11 Å². The van der Waals surface area contributed by atoms with Gasteiger partial charge >= 0.3 is 0 Å².